The van der Waals surface area contributed by atoms with Crippen LogP contribution in [-0.2, 0) is 4.74 Å². The summed E-state index contributed by atoms with van der Waals surface area (Å²) in [5, 5.41) is 4.14. The largest absolute Gasteiger partial charge is 0.465 e. The van der Waals surface area contributed by atoms with Crippen molar-refractivity contribution in [3.63, 3.8) is 0 Å². The van der Waals surface area contributed by atoms with E-state index in [2.05, 4.69) is 10.5 Å². The highest BCUT2D eigenvalue weighted by Crippen LogP contribution is 2.23. The van der Waals surface area contributed by atoms with Crippen LogP contribution in [0.2, 0.25) is 0 Å². The van der Waals surface area contributed by atoms with Crippen molar-refractivity contribution in [2.75, 3.05) is 12.5 Å². The molecule has 1 heterocycles. The zero-order valence-corrected chi connectivity index (χ0v) is 13.1. The van der Waals surface area contributed by atoms with Crippen molar-refractivity contribution in [3.05, 3.63) is 78.1 Å². The Labute approximate surface area is 139 Å². The zero-order valence-electron chi connectivity index (χ0n) is 13.1. The Morgan fingerprint density at radius 2 is 1.92 bits per heavy atom. The van der Waals surface area contributed by atoms with E-state index in [1.165, 1.54) is 7.11 Å². The Hall–Kier alpha value is -3.34. The second kappa shape index (κ2) is 7.28. The van der Waals surface area contributed by atoms with Crippen LogP contribution >= 0.6 is 0 Å². The number of nitrogens with one attached hydrogen (secondary N) is 1. The van der Waals surface area contributed by atoms with E-state index in [9.17, 15) is 4.79 Å². The summed E-state index contributed by atoms with van der Waals surface area (Å²) in [5.74, 6) is 0.885. The lowest BCUT2D eigenvalue weighted by atomic mass is 10.1. The minimum atomic E-state index is -0.378. The number of benzene rings is 2. The molecule has 3 rings (SSSR count). The predicted octanol–water partition coefficient (Wildman–Crippen LogP) is 4.18. The topological polar surface area (TPSA) is 63.8 Å². The van der Waals surface area contributed by atoms with Crippen LogP contribution in [0, 0.1) is 0 Å². The molecule has 0 saturated carbocycles. The maximum atomic E-state index is 11.6. The van der Waals surface area contributed by atoms with E-state index in [-0.39, 0.29) is 5.97 Å². The maximum absolute atomic E-state index is 11.6. The van der Waals surface area contributed by atoms with Crippen LogP contribution in [0.1, 0.15) is 16.1 Å². The molecule has 5 nitrogen and oxygen atoms in total. The highest BCUT2D eigenvalue weighted by molar-refractivity contribution is 5.90. The average Bonchev–Trinajstić information content (AvgIpc) is 3.11. The van der Waals surface area contributed by atoms with Crippen molar-refractivity contribution < 1.29 is 13.9 Å². The normalized spacial score (nSPS) is 10.7. The minimum Gasteiger partial charge on any atom is -0.465 e. The van der Waals surface area contributed by atoms with E-state index in [4.69, 9.17) is 9.15 Å². The SMILES string of the molecule is COC(=O)c1cccc(-c2ccc(/C=N\Nc3ccccc3)o2)c1. The molecule has 3 aromatic rings. The van der Waals surface area contributed by atoms with Crippen LogP contribution in [0.15, 0.2) is 76.2 Å². The summed E-state index contributed by atoms with van der Waals surface area (Å²) in [5.41, 5.74) is 5.10. The fourth-order valence-corrected chi connectivity index (χ4v) is 2.18. The molecular weight excluding hydrogens is 304 g/mol. The highest BCUT2D eigenvalue weighted by atomic mass is 16.5. The van der Waals surface area contributed by atoms with Crippen molar-refractivity contribution in [2.24, 2.45) is 5.10 Å². The quantitative estimate of drug-likeness (QED) is 0.435. The van der Waals surface area contributed by atoms with E-state index in [0.717, 1.165) is 11.3 Å². The van der Waals surface area contributed by atoms with Gasteiger partial charge in [-0.25, -0.2) is 4.79 Å². The molecule has 0 aliphatic heterocycles. The fourth-order valence-electron chi connectivity index (χ4n) is 2.18. The van der Waals surface area contributed by atoms with Crippen molar-refractivity contribution in [2.45, 2.75) is 0 Å². The molecule has 1 N–H and O–H groups in total. The molecular formula is C19H16N2O3. The maximum Gasteiger partial charge on any atom is 0.337 e. The van der Waals surface area contributed by atoms with E-state index in [0.29, 0.717) is 17.1 Å². The van der Waals surface area contributed by atoms with Gasteiger partial charge in [-0.2, -0.15) is 5.10 Å². The standard InChI is InChI=1S/C19H16N2O3/c1-23-19(22)15-7-5-6-14(12-15)18-11-10-17(24-18)13-20-21-16-8-3-2-4-9-16/h2-13,21H,1H3/b20-13-. The van der Waals surface area contributed by atoms with E-state index >= 15 is 0 Å². The number of carbonyl (C=O) groups is 1. The van der Waals surface area contributed by atoms with Crippen molar-refractivity contribution in [3.8, 4) is 11.3 Å². The highest BCUT2D eigenvalue weighted by Gasteiger charge is 2.09. The molecule has 1 aromatic heterocycles. The predicted molar refractivity (Wildman–Crippen MR) is 93.1 cm³/mol. The molecule has 0 saturated heterocycles. The molecule has 0 atom stereocenters. The summed E-state index contributed by atoms with van der Waals surface area (Å²) in [7, 11) is 1.36. The molecule has 5 heteroatoms. The number of anilines is 1. The number of hydrazone groups is 1. The van der Waals surface area contributed by atoms with Gasteiger partial charge in [0.05, 0.1) is 24.6 Å². The van der Waals surface area contributed by atoms with Crippen LogP contribution < -0.4 is 5.43 Å². The summed E-state index contributed by atoms with van der Waals surface area (Å²) in [4.78, 5) is 11.6. The molecule has 0 bridgehead atoms. The number of hydrogen-bond acceptors (Lipinski definition) is 5. The molecule has 0 fully saturated rings. The van der Waals surface area contributed by atoms with Gasteiger partial charge in [0.25, 0.3) is 0 Å². The molecule has 0 amide bonds. The lowest BCUT2D eigenvalue weighted by molar-refractivity contribution is 0.0601. The monoisotopic (exact) mass is 320 g/mol. The minimum absolute atomic E-state index is 0.378. The molecule has 2 aromatic carbocycles. The van der Waals surface area contributed by atoms with Gasteiger partial charge in [-0.15, -0.1) is 0 Å². The number of carbonyl (C=O) groups excluding carboxylic acids is 1. The number of nitrogens with zero attached hydrogens (tertiary/aromatic N) is 1. The Morgan fingerprint density at radius 3 is 2.71 bits per heavy atom. The average molecular weight is 320 g/mol. The Balaban J connectivity index is 1.72. The number of methoxy groups -OCH3 is 1. The molecule has 120 valence electrons. The van der Waals surface area contributed by atoms with Gasteiger partial charge >= 0.3 is 5.97 Å². The van der Waals surface area contributed by atoms with Crippen LogP contribution in [-0.4, -0.2) is 19.3 Å². The number of ether oxygens (including phenoxy) is 1. The van der Waals surface area contributed by atoms with Crippen molar-refractivity contribution >= 4 is 17.9 Å². The third kappa shape index (κ3) is 3.70. The number of rotatable bonds is 5. The third-order valence-electron chi connectivity index (χ3n) is 3.35. The first-order chi connectivity index (χ1) is 11.8. The van der Waals surface area contributed by atoms with Gasteiger partial charge in [0.1, 0.15) is 11.5 Å². The van der Waals surface area contributed by atoms with Gasteiger partial charge in [-0.1, -0.05) is 30.3 Å². The second-order valence-electron chi connectivity index (χ2n) is 5.01. The van der Waals surface area contributed by atoms with Gasteiger partial charge in [0.15, 0.2) is 0 Å². The lowest BCUT2D eigenvalue weighted by Crippen LogP contribution is -2.00. The zero-order chi connectivity index (χ0) is 16.8. The van der Waals surface area contributed by atoms with Gasteiger partial charge in [0.2, 0.25) is 0 Å². The van der Waals surface area contributed by atoms with Gasteiger partial charge in [-0.05, 0) is 36.4 Å². The van der Waals surface area contributed by atoms with Crippen LogP contribution in [0.25, 0.3) is 11.3 Å². The van der Waals surface area contributed by atoms with Crippen LogP contribution in [0.3, 0.4) is 0 Å². The smallest absolute Gasteiger partial charge is 0.337 e. The van der Waals surface area contributed by atoms with Gasteiger partial charge in [-0.3, -0.25) is 5.43 Å². The molecule has 0 aliphatic carbocycles. The van der Waals surface area contributed by atoms with E-state index in [1.54, 1.807) is 24.4 Å². The second-order valence-corrected chi connectivity index (χ2v) is 5.01. The summed E-state index contributed by atoms with van der Waals surface area (Å²) in [6, 6.07) is 20.4. The fraction of sp³-hybridized carbons (Fsp3) is 0.0526. The lowest BCUT2D eigenvalue weighted by Gasteiger charge is -2.01. The van der Waals surface area contributed by atoms with Crippen LogP contribution in [0.5, 0.6) is 0 Å². The van der Waals surface area contributed by atoms with Crippen LogP contribution in [0.4, 0.5) is 5.69 Å². The summed E-state index contributed by atoms with van der Waals surface area (Å²) in [6.07, 6.45) is 1.60. The number of hydrogen-bond donors (Lipinski definition) is 1. The van der Waals surface area contributed by atoms with E-state index < -0.39 is 0 Å². The summed E-state index contributed by atoms with van der Waals surface area (Å²) < 4.78 is 10.5. The molecule has 0 unspecified atom stereocenters. The molecule has 0 radical (unpaired) electrons. The third-order valence-corrected chi connectivity index (χ3v) is 3.35. The first-order valence-corrected chi connectivity index (χ1v) is 7.39. The molecule has 0 aliphatic rings. The Kier molecular flexibility index (Phi) is 4.72. The van der Waals surface area contributed by atoms with Crippen molar-refractivity contribution in [1.82, 2.24) is 0 Å². The summed E-state index contributed by atoms with van der Waals surface area (Å²) in [6.45, 7) is 0. The number of esters is 1. The van der Waals surface area contributed by atoms with Gasteiger partial charge < -0.3 is 9.15 Å². The first-order valence-electron chi connectivity index (χ1n) is 7.39. The van der Waals surface area contributed by atoms with Crippen molar-refractivity contribution in [1.29, 1.82) is 0 Å². The van der Waals surface area contributed by atoms with Gasteiger partial charge in [0, 0.05) is 5.56 Å². The number of furan rings is 1. The molecule has 0 spiro atoms. The Bertz CT molecular complexity index is 854. The Morgan fingerprint density at radius 1 is 1.08 bits per heavy atom. The summed E-state index contributed by atoms with van der Waals surface area (Å²) >= 11 is 0. The number of para-hydroxylation sites is 1. The van der Waals surface area contributed by atoms with E-state index in [1.807, 2.05) is 48.5 Å². The first kappa shape index (κ1) is 15.6. The molecule has 24 heavy (non-hydrogen) atoms.